The van der Waals surface area contributed by atoms with Crippen LogP contribution >= 0.6 is 0 Å². The summed E-state index contributed by atoms with van der Waals surface area (Å²) in [5.41, 5.74) is 5.65. The van der Waals surface area contributed by atoms with E-state index >= 15 is 0 Å². The van der Waals surface area contributed by atoms with Crippen molar-refractivity contribution in [1.29, 1.82) is 0 Å². The Labute approximate surface area is 146 Å². The van der Waals surface area contributed by atoms with Gasteiger partial charge in [0.15, 0.2) is 0 Å². The molecule has 0 bridgehead atoms. The van der Waals surface area contributed by atoms with E-state index < -0.39 is 0 Å². The van der Waals surface area contributed by atoms with Gasteiger partial charge in [0.2, 0.25) is 0 Å². The summed E-state index contributed by atoms with van der Waals surface area (Å²) in [6.07, 6.45) is 4.29. The fourth-order valence-electron chi connectivity index (χ4n) is 3.95. The minimum absolute atomic E-state index is 0.0708. The van der Waals surface area contributed by atoms with Crippen molar-refractivity contribution in [2.75, 3.05) is 0 Å². The average molecular weight is 320 g/mol. The van der Waals surface area contributed by atoms with Crippen molar-refractivity contribution < 1.29 is 4.79 Å². The summed E-state index contributed by atoms with van der Waals surface area (Å²) >= 11 is 0. The summed E-state index contributed by atoms with van der Waals surface area (Å²) in [7, 11) is 0. The van der Waals surface area contributed by atoms with Gasteiger partial charge in [0.05, 0.1) is 0 Å². The summed E-state index contributed by atoms with van der Waals surface area (Å²) in [4.78, 5) is 11.8. The van der Waals surface area contributed by atoms with Crippen LogP contribution in [0.1, 0.15) is 68.7 Å². The van der Waals surface area contributed by atoms with Crippen molar-refractivity contribution in [1.82, 2.24) is 0 Å². The van der Waals surface area contributed by atoms with E-state index in [4.69, 9.17) is 0 Å². The van der Waals surface area contributed by atoms with E-state index in [-0.39, 0.29) is 16.7 Å². The number of rotatable bonds is 4. The molecule has 0 saturated heterocycles. The monoisotopic (exact) mass is 320 g/mol. The highest BCUT2D eigenvalue weighted by molar-refractivity contribution is 5.64. The van der Waals surface area contributed by atoms with Crippen LogP contribution in [-0.4, -0.2) is 6.29 Å². The Morgan fingerprint density at radius 3 is 2.17 bits per heavy atom. The lowest BCUT2D eigenvalue weighted by Crippen LogP contribution is -2.34. The van der Waals surface area contributed by atoms with Crippen molar-refractivity contribution in [2.24, 2.45) is 0 Å². The Bertz CT molecular complexity index is 725. The molecule has 0 heterocycles. The molecule has 126 valence electrons. The zero-order valence-corrected chi connectivity index (χ0v) is 15.3. The number of hydrogen-bond donors (Lipinski definition) is 0. The highest BCUT2D eigenvalue weighted by Gasteiger charge is 2.37. The number of benzene rings is 2. The summed E-state index contributed by atoms with van der Waals surface area (Å²) in [5, 5.41) is 0. The maximum absolute atomic E-state index is 11.8. The molecular weight excluding hydrogens is 292 g/mol. The van der Waals surface area contributed by atoms with Crippen LogP contribution in [0.5, 0.6) is 0 Å². The summed E-state index contributed by atoms with van der Waals surface area (Å²) in [5.74, 6) is -0.0708. The molecule has 0 unspecified atom stereocenters. The Morgan fingerprint density at radius 1 is 0.917 bits per heavy atom. The maximum Gasteiger partial charge on any atom is 0.127 e. The lowest BCUT2D eigenvalue weighted by atomic mass is 9.62. The van der Waals surface area contributed by atoms with Crippen LogP contribution in [0.3, 0.4) is 0 Å². The average Bonchev–Trinajstić information content (AvgIpc) is 2.57. The topological polar surface area (TPSA) is 17.1 Å². The van der Waals surface area contributed by atoms with Crippen LogP contribution in [0.4, 0.5) is 0 Å². The third-order valence-electron chi connectivity index (χ3n) is 5.77. The zero-order valence-electron chi connectivity index (χ0n) is 15.3. The summed E-state index contributed by atoms with van der Waals surface area (Å²) in [6, 6.07) is 17.0. The molecule has 0 spiro atoms. The van der Waals surface area contributed by atoms with Crippen LogP contribution < -0.4 is 0 Å². The van der Waals surface area contributed by atoms with Gasteiger partial charge in [-0.1, -0.05) is 76.2 Å². The van der Waals surface area contributed by atoms with Crippen molar-refractivity contribution >= 4 is 6.29 Å². The fourth-order valence-corrected chi connectivity index (χ4v) is 3.95. The van der Waals surface area contributed by atoms with Gasteiger partial charge in [-0.3, -0.25) is 0 Å². The molecule has 2 aromatic rings. The van der Waals surface area contributed by atoms with E-state index in [9.17, 15) is 4.79 Å². The van der Waals surface area contributed by atoms with Gasteiger partial charge < -0.3 is 4.79 Å². The first-order valence-corrected chi connectivity index (χ1v) is 8.98. The molecule has 0 aromatic heterocycles. The minimum Gasteiger partial charge on any atom is -0.303 e. The van der Waals surface area contributed by atoms with Crippen molar-refractivity contribution in [3.8, 4) is 0 Å². The first kappa shape index (κ1) is 17.0. The Kier molecular flexibility index (Phi) is 4.38. The lowest BCUT2D eigenvalue weighted by Gasteiger charge is -2.42. The first-order chi connectivity index (χ1) is 11.3. The van der Waals surface area contributed by atoms with Crippen LogP contribution in [0.25, 0.3) is 0 Å². The van der Waals surface area contributed by atoms with E-state index in [1.807, 2.05) is 18.2 Å². The largest absolute Gasteiger partial charge is 0.303 e. The third-order valence-corrected chi connectivity index (χ3v) is 5.77. The smallest absolute Gasteiger partial charge is 0.127 e. The molecule has 24 heavy (non-hydrogen) atoms. The second kappa shape index (κ2) is 6.20. The molecule has 1 heteroatoms. The normalized spacial score (nSPS) is 19.3. The summed E-state index contributed by atoms with van der Waals surface area (Å²) in [6.45, 7) is 9.33. The quantitative estimate of drug-likeness (QED) is 0.674. The molecule has 0 radical (unpaired) electrons. The molecule has 1 atom stereocenters. The fraction of sp³-hybridized carbons (Fsp3) is 0.435. The third kappa shape index (κ3) is 3.17. The van der Waals surface area contributed by atoms with Crippen LogP contribution in [0, 0.1) is 0 Å². The van der Waals surface area contributed by atoms with Gasteiger partial charge in [-0.2, -0.15) is 0 Å². The van der Waals surface area contributed by atoms with Crippen molar-refractivity contribution in [3.63, 3.8) is 0 Å². The Hall–Kier alpha value is -1.89. The van der Waals surface area contributed by atoms with Crippen LogP contribution in [0.15, 0.2) is 48.5 Å². The molecule has 0 amide bonds. The minimum atomic E-state index is -0.0708. The Morgan fingerprint density at radius 2 is 1.54 bits per heavy atom. The highest BCUT2D eigenvalue weighted by Crippen LogP contribution is 2.46. The van der Waals surface area contributed by atoms with Gasteiger partial charge in [0.25, 0.3) is 0 Å². The molecule has 1 aliphatic rings. The van der Waals surface area contributed by atoms with E-state index in [1.54, 1.807) is 0 Å². The number of aldehydes is 1. The number of fused-ring (bicyclic) bond motifs is 1. The molecule has 0 fully saturated rings. The molecule has 1 aliphatic carbocycles. The molecule has 1 nitrogen and oxygen atoms in total. The van der Waals surface area contributed by atoms with Crippen molar-refractivity contribution in [2.45, 2.75) is 63.7 Å². The van der Waals surface area contributed by atoms with Gasteiger partial charge >= 0.3 is 0 Å². The van der Waals surface area contributed by atoms with E-state index in [0.29, 0.717) is 0 Å². The lowest BCUT2D eigenvalue weighted by molar-refractivity contribution is -0.109. The van der Waals surface area contributed by atoms with Gasteiger partial charge in [-0.05, 0) is 52.3 Å². The van der Waals surface area contributed by atoms with Gasteiger partial charge in [-0.15, -0.1) is 0 Å². The molecule has 0 aliphatic heterocycles. The Balaban J connectivity index is 1.98. The van der Waals surface area contributed by atoms with Gasteiger partial charge in [0, 0.05) is 5.92 Å². The standard InChI is InChI=1S/C23H28O/c1-22(2)12-13-23(3,4)21-15-18(10-11-20(21)22)19(16-24)14-17-8-6-5-7-9-17/h5-11,15-16,19H,12-14H2,1-4H3/t19-/m1/s1. The number of hydrogen-bond acceptors (Lipinski definition) is 1. The molecular formula is C23H28O. The van der Waals surface area contributed by atoms with Gasteiger partial charge in [-0.25, -0.2) is 0 Å². The maximum atomic E-state index is 11.8. The number of carbonyl (C=O) groups excluding carboxylic acids is 1. The second-order valence-electron chi connectivity index (χ2n) is 8.51. The molecule has 3 rings (SSSR count). The second-order valence-corrected chi connectivity index (χ2v) is 8.51. The van der Waals surface area contributed by atoms with E-state index in [1.165, 1.54) is 29.5 Å². The SMILES string of the molecule is CC1(C)CCC(C)(C)c2cc([C@@H](C=O)Cc3ccccc3)ccc21. The van der Waals surface area contributed by atoms with E-state index in [0.717, 1.165) is 18.3 Å². The van der Waals surface area contributed by atoms with Gasteiger partial charge in [0.1, 0.15) is 6.29 Å². The molecule has 0 N–H and O–H groups in total. The first-order valence-electron chi connectivity index (χ1n) is 8.98. The highest BCUT2D eigenvalue weighted by atomic mass is 16.1. The molecule has 0 saturated carbocycles. The van der Waals surface area contributed by atoms with Crippen LogP contribution in [0.2, 0.25) is 0 Å². The number of carbonyl (C=O) groups is 1. The van der Waals surface area contributed by atoms with E-state index in [2.05, 4.69) is 58.0 Å². The zero-order chi connectivity index (χ0) is 17.4. The van der Waals surface area contributed by atoms with Crippen LogP contribution in [-0.2, 0) is 22.0 Å². The molecule has 2 aromatic carbocycles. The summed E-state index contributed by atoms with van der Waals surface area (Å²) < 4.78 is 0. The predicted molar refractivity (Wildman–Crippen MR) is 101 cm³/mol. The van der Waals surface area contributed by atoms with Crippen molar-refractivity contribution in [3.05, 3.63) is 70.8 Å². The predicted octanol–water partition coefficient (Wildman–Crippen LogP) is 5.56.